The number of para-hydroxylation sites is 2. The molecule has 2 aromatic rings. The quantitative estimate of drug-likeness (QED) is 0.331. The van der Waals surface area contributed by atoms with Gasteiger partial charge in [0.15, 0.2) is 11.5 Å². The molecule has 15 heteroatoms. The molecule has 0 saturated heterocycles. The van der Waals surface area contributed by atoms with Gasteiger partial charge in [0.1, 0.15) is 11.1 Å². The van der Waals surface area contributed by atoms with Crippen molar-refractivity contribution in [3.63, 3.8) is 0 Å². The zero-order valence-corrected chi connectivity index (χ0v) is 16.6. The molecule has 0 aliphatic rings. The Balaban J connectivity index is 0.000000523. The summed E-state index contributed by atoms with van der Waals surface area (Å²) in [6.45, 7) is 0. The summed E-state index contributed by atoms with van der Waals surface area (Å²) < 4.78 is 66.0. The molecular weight excluding hydrogens is 480 g/mol. The van der Waals surface area contributed by atoms with Gasteiger partial charge < -0.3 is 18.6 Å². The molecule has 0 atom stereocenters. The number of carboxylic acids is 2. The van der Waals surface area contributed by atoms with E-state index in [-0.39, 0.29) is 28.2 Å². The van der Waals surface area contributed by atoms with Gasteiger partial charge in [0, 0.05) is 17.1 Å². The zero-order valence-electron chi connectivity index (χ0n) is 13.8. The molecule has 2 aromatic carbocycles. The number of carboxylic acid groups (broad SMARTS) is 2. The number of aromatic carboxylic acids is 2. The summed E-state index contributed by atoms with van der Waals surface area (Å²) in [5.74, 6) is -3.54. The van der Waals surface area contributed by atoms with Gasteiger partial charge in [-0.05, 0) is 24.3 Å². The van der Waals surface area contributed by atoms with Gasteiger partial charge >= 0.3 is 32.7 Å². The molecule has 2 rings (SSSR count). The van der Waals surface area contributed by atoms with Gasteiger partial charge in [0.25, 0.3) is 0 Å². The Labute approximate surface area is 175 Å². The van der Waals surface area contributed by atoms with Gasteiger partial charge in [0.05, 0.1) is 0 Å². The summed E-state index contributed by atoms with van der Waals surface area (Å²) in [5.41, 5.74) is -0.685. The van der Waals surface area contributed by atoms with Gasteiger partial charge in [-0.15, -0.1) is 0 Å². The van der Waals surface area contributed by atoms with E-state index < -0.39 is 44.2 Å². The summed E-state index contributed by atoms with van der Waals surface area (Å²) in [5, 5.41) is 17.2. The molecule has 0 aliphatic heterocycles. The van der Waals surface area contributed by atoms with E-state index in [9.17, 15) is 26.4 Å². The van der Waals surface area contributed by atoms with Crippen LogP contribution in [0.2, 0.25) is 0 Å². The Morgan fingerprint density at radius 3 is 1.17 bits per heavy atom. The first kappa shape index (κ1) is 26.3. The van der Waals surface area contributed by atoms with E-state index >= 15 is 0 Å². The minimum atomic E-state index is -4.70. The second-order valence-corrected chi connectivity index (χ2v) is 6.67. The van der Waals surface area contributed by atoms with Crippen LogP contribution in [0.25, 0.3) is 0 Å². The molecule has 12 nitrogen and oxygen atoms in total. The van der Waals surface area contributed by atoms with E-state index in [4.69, 9.17) is 19.3 Å². The standard InChI is InChI=1S/2C7H6O6S.Fe/c2*8-7(9)5-3-1-2-4-6(5)13-14(10,11)12;/h2*1-4H,(H,8,9)(H,10,11,12);. The van der Waals surface area contributed by atoms with Gasteiger partial charge in [-0.2, -0.15) is 16.8 Å². The summed E-state index contributed by atoms with van der Waals surface area (Å²) in [6.07, 6.45) is 0. The van der Waals surface area contributed by atoms with Crippen LogP contribution in [0.4, 0.5) is 0 Å². The predicted molar refractivity (Wildman–Crippen MR) is 91.2 cm³/mol. The molecule has 160 valence electrons. The Kier molecular flexibility index (Phi) is 9.76. The Hall–Kier alpha value is -2.68. The number of rotatable bonds is 6. The van der Waals surface area contributed by atoms with Crippen molar-refractivity contribution >= 4 is 32.7 Å². The monoisotopic (exact) mass is 492 g/mol. The normalized spacial score (nSPS) is 10.6. The van der Waals surface area contributed by atoms with Crippen LogP contribution in [-0.2, 0) is 37.9 Å². The van der Waals surface area contributed by atoms with Crippen LogP contribution in [0.1, 0.15) is 20.7 Å². The molecule has 0 spiro atoms. The third-order valence-corrected chi connectivity index (χ3v) is 3.41. The van der Waals surface area contributed by atoms with E-state index in [1.54, 1.807) is 0 Å². The maximum absolute atomic E-state index is 10.6. The second kappa shape index (κ2) is 10.8. The zero-order chi connectivity index (χ0) is 21.5. The van der Waals surface area contributed by atoms with Crippen LogP contribution in [0.5, 0.6) is 11.5 Å². The smallest absolute Gasteiger partial charge is 0.446 e. The van der Waals surface area contributed by atoms with Crippen molar-refractivity contribution < 1.29 is 71.2 Å². The molecule has 0 radical (unpaired) electrons. The minimum Gasteiger partial charge on any atom is -0.478 e. The van der Waals surface area contributed by atoms with Gasteiger partial charge in [-0.3, -0.25) is 9.11 Å². The van der Waals surface area contributed by atoms with E-state index in [0.29, 0.717) is 0 Å². The third-order valence-electron chi connectivity index (χ3n) is 2.63. The molecule has 0 saturated carbocycles. The molecule has 29 heavy (non-hydrogen) atoms. The Morgan fingerprint density at radius 1 is 0.655 bits per heavy atom. The topological polar surface area (TPSA) is 202 Å². The average molecular weight is 492 g/mol. The van der Waals surface area contributed by atoms with Crippen molar-refractivity contribution in [2.24, 2.45) is 0 Å². The predicted octanol–water partition coefficient (Wildman–Crippen LogP) is 1.13. The largest absolute Gasteiger partial charge is 0.478 e. The van der Waals surface area contributed by atoms with Crippen molar-refractivity contribution in [1.82, 2.24) is 0 Å². The van der Waals surface area contributed by atoms with Crippen LogP contribution in [0.3, 0.4) is 0 Å². The maximum Gasteiger partial charge on any atom is 0.446 e. The molecule has 0 heterocycles. The fourth-order valence-corrected chi connectivity index (χ4v) is 2.40. The maximum atomic E-state index is 10.6. The first-order valence-electron chi connectivity index (χ1n) is 6.78. The molecule has 0 fully saturated rings. The van der Waals surface area contributed by atoms with Crippen molar-refractivity contribution in [3.8, 4) is 11.5 Å². The average Bonchev–Trinajstić information content (AvgIpc) is 2.53. The number of hydrogen-bond donors (Lipinski definition) is 4. The van der Waals surface area contributed by atoms with Gasteiger partial charge in [-0.1, -0.05) is 24.3 Å². The van der Waals surface area contributed by atoms with Crippen LogP contribution >= 0.6 is 0 Å². The van der Waals surface area contributed by atoms with Crippen LogP contribution in [-0.4, -0.2) is 48.1 Å². The molecule has 0 unspecified atom stereocenters. The molecular formula is C14H12FeO12S2. The summed E-state index contributed by atoms with van der Waals surface area (Å²) >= 11 is 0. The van der Waals surface area contributed by atoms with E-state index in [1.165, 1.54) is 24.3 Å². The number of hydrogen-bond acceptors (Lipinski definition) is 8. The molecule has 0 aromatic heterocycles. The summed E-state index contributed by atoms with van der Waals surface area (Å²) in [6, 6.07) is 10.1. The van der Waals surface area contributed by atoms with Gasteiger partial charge in [0.2, 0.25) is 0 Å². The first-order chi connectivity index (χ1) is 12.8. The SMILES string of the molecule is O=C(O)c1ccccc1OS(=O)(=O)O.O=C(O)c1ccccc1OS(=O)(=O)O.[Fe]. The molecule has 0 amide bonds. The van der Waals surface area contributed by atoms with E-state index in [1.807, 2.05) is 0 Å². The van der Waals surface area contributed by atoms with Crippen molar-refractivity contribution in [2.45, 2.75) is 0 Å². The van der Waals surface area contributed by atoms with Crippen LogP contribution in [0.15, 0.2) is 48.5 Å². The molecule has 0 bridgehead atoms. The van der Waals surface area contributed by atoms with E-state index in [2.05, 4.69) is 8.37 Å². The molecule has 4 N–H and O–H groups in total. The minimum absolute atomic E-state index is 0. The van der Waals surface area contributed by atoms with E-state index in [0.717, 1.165) is 24.3 Å². The third kappa shape index (κ3) is 9.89. The molecule has 0 aliphatic carbocycles. The summed E-state index contributed by atoms with van der Waals surface area (Å²) in [7, 11) is -9.39. The van der Waals surface area contributed by atoms with Gasteiger partial charge in [-0.25, -0.2) is 9.59 Å². The fourth-order valence-electron chi connectivity index (χ4n) is 1.66. The fraction of sp³-hybridized carbons (Fsp3) is 0. The number of benzene rings is 2. The van der Waals surface area contributed by atoms with Crippen molar-refractivity contribution in [2.75, 3.05) is 0 Å². The summed E-state index contributed by atoms with van der Waals surface area (Å²) in [4.78, 5) is 21.1. The Bertz CT molecular complexity index is 992. The Morgan fingerprint density at radius 2 is 0.931 bits per heavy atom. The van der Waals surface area contributed by atoms with Crippen LogP contribution < -0.4 is 8.37 Å². The first-order valence-corrected chi connectivity index (χ1v) is 9.51. The van der Waals surface area contributed by atoms with Crippen molar-refractivity contribution in [1.29, 1.82) is 0 Å². The van der Waals surface area contributed by atoms with Crippen molar-refractivity contribution in [3.05, 3.63) is 59.7 Å². The number of carbonyl (C=O) groups is 2. The van der Waals surface area contributed by atoms with Crippen LogP contribution in [0, 0.1) is 0 Å². The second-order valence-electron chi connectivity index (χ2n) is 4.62.